The van der Waals surface area contributed by atoms with Crippen LogP contribution in [-0.4, -0.2) is 25.5 Å². The van der Waals surface area contributed by atoms with Gasteiger partial charge in [-0.05, 0) is 42.8 Å². The second kappa shape index (κ2) is 8.23. The van der Waals surface area contributed by atoms with Crippen molar-refractivity contribution < 1.29 is 14.3 Å². The van der Waals surface area contributed by atoms with Gasteiger partial charge in [0.15, 0.2) is 0 Å². The minimum atomic E-state index is -0.359. The molecule has 0 aliphatic heterocycles. The van der Waals surface area contributed by atoms with Crippen molar-refractivity contribution >= 4 is 46.4 Å². The topological polar surface area (TPSA) is 58.6 Å². The van der Waals surface area contributed by atoms with Gasteiger partial charge in [0.2, 0.25) is 11.8 Å². The molecule has 2 aromatic carbocycles. The van der Waals surface area contributed by atoms with E-state index in [9.17, 15) is 9.59 Å². The van der Waals surface area contributed by atoms with E-state index in [2.05, 4.69) is 5.32 Å². The number of benzene rings is 2. The molecule has 5 nitrogen and oxygen atoms in total. The lowest BCUT2D eigenvalue weighted by atomic mass is 10.2. The van der Waals surface area contributed by atoms with Crippen LogP contribution in [0.3, 0.4) is 0 Å². The van der Waals surface area contributed by atoms with Crippen LogP contribution >= 0.6 is 23.2 Å². The number of nitrogens with zero attached hydrogens (tertiary/aromatic N) is 1. The van der Waals surface area contributed by atoms with Crippen molar-refractivity contribution in [1.29, 1.82) is 0 Å². The monoisotopic (exact) mass is 380 g/mol. The number of ether oxygens (including phenoxy) is 1. The number of carbonyl (C=O) groups is 2. The van der Waals surface area contributed by atoms with Crippen molar-refractivity contribution in [2.75, 3.05) is 23.9 Å². The number of hydrogen-bond donors (Lipinski definition) is 1. The SMILES string of the molecule is COc1ccc(Cl)cc1N(CC(=O)Nc1cc(Cl)ccc1C)C(C)=O. The lowest BCUT2D eigenvalue weighted by molar-refractivity contribution is -0.120. The maximum atomic E-state index is 12.4. The van der Waals surface area contributed by atoms with E-state index in [1.807, 2.05) is 6.92 Å². The van der Waals surface area contributed by atoms with Crippen LogP contribution < -0.4 is 15.0 Å². The van der Waals surface area contributed by atoms with Gasteiger partial charge in [-0.3, -0.25) is 14.5 Å². The standard InChI is InChI=1S/C18H18Cl2N2O3/c1-11-4-5-13(19)8-15(11)21-18(24)10-22(12(2)23)16-9-14(20)6-7-17(16)25-3/h4-9H,10H2,1-3H3,(H,21,24). The molecule has 2 rings (SSSR count). The maximum Gasteiger partial charge on any atom is 0.244 e. The predicted octanol–water partition coefficient (Wildman–Crippen LogP) is 4.30. The highest BCUT2D eigenvalue weighted by molar-refractivity contribution is 6.31. The van der Waals surface area contributed by atoms with E-state index >= 15 is 0 Å². The quantitative estimate of drug-likeness (QED) is 0.840. The molecule has 0 saturated carbocycles. The first-order chi connectivity index (χ1) is 11.8. The number of halogens is 2. The summed E-state index contributed by atoms with van der Waals surface area (Å²) in [5, 5.41) is 3.72. The van der Waals surface area contributed by atoms with Crippen LogP contribution in [0.5, 0.6) is 5.75 Å². The van der Waals surface area contributed by atoms with Crippen LogP contribution in [0.4, 0.5) is 11.4 Å². The fourth-order valence-corrected chi connectivity index (χ4v) is 2.64. The zero-order chi connectivity index (χ0) is 18.6. The molecular weight excluding hydrogens is 363 g/mol. The van der Waals surface area contributed by atoms with Crippen LogP contribution in [0.2, 0.25) is 10.0 Å². The molecule has 0 spiro atoms. The molecule has 0 unspecified atom stereocenters. The summed E-state index contributed by atoms with van der Waals surface area (Å²) in [5.74, 6) is -0.215. The zero-order valence-electron chi connectivity index (χ0n) is 14.1. The molecule has 0 heterocycles. The van der Waals surface area contributed by atoms with Crippen molar-refractivity contribution in [2.24, 2.45) is 0 Å². The van der Waals surface area contributed by atoms with Crippen LogP contribution in [0.1, 0.15) is 12.5 Å². The average Bonchev–Trinajstić information content (AvgIpc) is 2.55. The summed E-state index contributed by atoms with van der Waals surface area (Å²) < 4.78 is 5.26. The van der Waals surface area contributed by atoms with Crippen LogP contribution in [0, 0.1) is 6.92 Å². The molecule has 0 saturated heterocycles. The summed E-state index contributed by atoms with van der Waals surface area (Å²) in [5.41, 5.74) is 1.90. The molecule has 0 fully saturated rings. The first-order valence-electron chi connectivity index (χ1n) is 7.49. The highest BCUT2D eigenvalue weighted by Crippen LogP contribution is 2.31. The number of methoxy groups -OCH3 is 1. The van der Waals surface area contributed by atoms with Crippen LogP contribution in [0.15, 0.2) is 36.4 Å². The number of hydrogen-bond acceptors (Lipinski definition) is 3. The molecule has 0 aliphatic rings. The fraction of sp³-hybridized carbons (Fsp3) is 0.222. The molecular formula is C18H18Cl2N2O3. The fourth-order valence-electron chi connectivity index (χ4n) is 2.30. The first kappa shape index (κ1) is 19.1. The highest BCUT2D eigenvalue weighted by atomic mass is 35.5. The number of amides is 2. The molecule has 1 N–H and O–H groups in total. The van der Waals surface area contributed by atoms with Gasteiger partial charge < -0.3 is 10.1 Å². The van der Waals surface area contributed by atoms with Crippen LogP contribution in [0.25, 0.3) is 0 Å². The number of aryl methyl sites for hydroxylation is 1. The largest absolute Gasteiger partial charge is 0.495 e. The Balaban J connectivity index is 2.25. The van der Waals surface area contributed by atoms with E-state index in [0.29, 0.717) is 27.2 Å². The Bertz CT molecular complexity index is 809. The summed E-state index contributed by atoms with van der Waals surface area (Å²) in [6.45, 7) is 3.05. The van der Waals surface area contributed by atoms with Gasteiger partial charge in [0.1, 0.15) is 12.3 Å². The Morgan fingerprint density at radius 3 is 2.40 bits per heavy atom. The lowest BCUT2D eigenvalue weighted by Gasteiger charge is -2.23. The summed E-state index contributed by atoms with van der Waals surface area (Å²) in [7, 11) is 1.49. The smallest absolute Gasteiger partial charge is 0.244 e. The number of rotatable bonds is 5. The van der Waals surface area contributed by atoms with E-state index in [0.717, 1.165) is 5.56 Å². The van der Waals surface area contributed by atoms with E-state index in [4.69, 9.17) is 27.9 Å². The van der Waals surface area contributed by atoms with Gasteiger partial charge in [0.25, 0.3) is 0 Å². The molecule has 0 atom stereocenters. The molecule has 0 bridgehead atoms. The first-order valence-corrected chi connectivity index (χ1v) is 8.25. The van der Waals surface area contributed by atoms with E-state index in [-0.39, 0.29) is 18.4 Å². The highest BCUT2D eigenvalue weighted by Gasteiger charge is 2.20. The third-order valence-electron chi connectivity index (χ3n) is 3.59. The van der Waals surface area contributed by atoms with Crippen molar-refractivity contribution in [3.05, 3.63) is 52.0 Å². The van der Waals surface area contributed by atoms with Gasteiger partial charge in [-0.1, -0.05) is 29.3 Å². The van der Waals surface area contributed by atoms with Crippen molar-refractivity contribution in [2.45, 2.75) is 13.8 Å². The van der Waals surface area contributed by atoms with Gasteiger partial charge in [-0.25, -0.2) is 0 Å². The Morgan fingerprint density at radius 2 is 1.76 bits per heavy atom. The molecule has 25 heavy (non-hydrogen) atoms. The lowest BCUT2D eigenvalue weighted by Crippen LogP contribution is -2.37. The molecule has 0 aliphatic carbocycles. The maximum absolute atomic E-state index is 12.4. The summed E-state index contributed by atoms with van der Waals surface area (Å²) in [6, 6.07) is 10.1. The Morgan fingerprint density at radius 1 is 1.12 bits per heavy atom. The molecule has 0 aromatic heterocycles. The minimum absolute atomic E-state index is 0.183. The zero-order valence-corrected chi connectivity index (χ0v) is 15.6. The molecule has 0 radical (unpaired) electrons. The molecule has 132 valence electrons. The second-order valence-corrected chi connectivity index (χ2v) is 6.30. The van der Waals surface area contributed by atoms with Crippen LogP contribution in [-0.2, 0) is 9.59 Å². The Labute approximate surface area is 156 Å². The molecule has 2 amide bonds. The Hall–Kier alpha value is -2.24. The summed E-state index contributed by atoms with van der Waals surface area (Å²) in [4.78, 5) is 25.8. The second-order valence-electron chi connectivity index (χ2n) is 5.43. The van der Waals surface area contributed by atoms with Gasteiger partial charge in [-0.2, -0.15) is 0 Å². The Kier molecular flexibility index (Phi) is 6.28. The van der Waals surface area contributed by atoms with E-state index in [1.54, 1.807) is 36.4 Å². The summed E-state index contributed by atoms with van der Waals surface area (Å²) in [6.07, 6.45) is 0. The average molecular weight is 381 g/mol. The van der Waals surface area contributed by atoms with Gasteiger partial charge >= 0.3 is 0 Å². The van der Waals surface area contributed by atoms with E-state index in [1.165, 1.54) is 18.9 Å². The number of anilines is 2. The molecule has 2 aromatic rings. The third-order valence-corrected chi connectivity index (χ3v) is 4.06. The summed E-state index contributed by atoms with van der Waals surface area (Å²) >= 11 is 12.0. The van der Waals surface area contributed by atoms with Crippen molar-refractivity contribution in [1.82, 2.24) is 0 Å². The van der Waals surface area contributed by atoms with E-state index < -0.39 is 0 Å². The van der Waals surface area contributed by atoms with Gasteiger partial charge in [0.05, 0.1) is 12.8 Å². The van der Waals surface area contributed by atoms with Gasteiger partial charge in [-0.15, -0.1) is 0 Å². The van der Waals surface area contributed by atoms with Gasteiger partial charge in [0, 0.05) is 22.7 Å². The molecule has 7 heteroatoms. The normalized spacial score (nSPS) is 10.3. The number of carbonyl (C=O) groups excluding carboxylic acids is 2. The number of nitrogens with one attached hydrogen (secondary N) is 1. The van der Waals surface area contributed by atoms with Crippen molar-refractivity contribution in [3.8, 4) is 5.75 Å². The minimum Gasteiger partial charge on any atom is -0.495 e. The third kappa shape index (κ3) is 4.87. The van der Waals surface area contributed by atoms with Crippen molar-refractivity contribution in [3.63, 3.8) is 0 Å². The predicted molar refractivity (Wildman–Crippen MR) is 101 cm³/mol.